The average molecular weight is 188 g/mol. The number of rotatable bonds is 1. The average Bonchev–Trinajstić information content (AvgIpc) is 1.94. The fraction of sp³-hybridized carbons (Fsp3) is 0. The van der Waals surface area contributed by atoms with E-state index in [1.807, 2.05) is 0 Å². The molecule has 11 heavy (non-hydrogen) atoms. The van der Waals surface area contributed by atoms with E-state index in [4.69, 9.17) is 23.2 Å². The minimum absolute atomic E-state index is 0.261. The Labute approximate surface area is 74.9 Å². The lowest BCUT2D eigenvalue weighted by atomic mass is 10.1. The first-order valence-electron chi connectivity index (χ1n) is 2.92. The van der Waals surface area contributed by atoms with Crippen molar-refractivity contribution < 1.29 is 4.79 Å². The van der Waals surface area contributed by atoms with E-state index in [1.54, 1.807) is 12.1 Å². The quantitative estimate of drug-likeness (QED) is 0.619. The molecule has 0 saturated carbocycles. The van der Waals surface area contributed by atoms with Gasteiger partial charge in [-0.15, -0.1) is 0 Å². The topological polar surface area (TPSA) is 17.1 Å². The van der Waals surface area contributed by atoms with Crippen molar-refractivity contribution in [3.05, 3.63) is 40.7 Å². The van der Waals surface area contributed by atoms with Gasteiger partial charge in [0.2, 0.25) is 0 Å². The smallest absolute Gasteiger partial charge is 0.163 e. The van der Waals surface area contributed by atoms with Crippen molar-refractivity contribution >= 4 is 29.0 Å². The van der Waals surface area contributed by atoms with Gasteiger partial charge >= 0.3 is 0 Å². The van der Waals surface area contributed by atoms with Gasteiger partial charge in [0.1, 0.15) is 0 Å². The van der Waals surface area contributed by atoms with Gasteiger partial charge in [-0.25, -0.2) is 0 Å². The van der Waals surface area contributed by atoms with E-state index in [2.05, 4.69) is 6.92 Å². The van der Waals surface area contributed by atoms with Crippen molar-refractivity contribution in [3.63, 3.8) is 0 Å². The summed E-state index contributed by atoms with van der Waals surface area (Å²) in [5, 5.41) is 0.817. The highest BCUT2D eigenvalue weighted by atomic mass is 35.5. The second-order valence-corrected chi connectivity index (χ2v) is 2.87. The normalized spacial score (nSPS) is 9.73. The molecule has 0 amide bonds. The molecular formula is C8H5Cl2O. The molecule has 1 nitrogen and oxygen atoms in total. The maximum atomic E-state index is 10.7. The third kappa shape index (κ3) is 1.95. The Hall–Kier alpha value is -0.530. The predicted octanol–water partition coefficient (Wildman–Crippen LogP) is 3.01. The molecule has 0 heterocycles. The number of Topliss-reactive ketones (excluding diaryl/α,β-unsaturated/α-hetero) is 1. The summed E-state index contributed by atoms with van der Waals surface area (Å²) in [5.74, 6) is -0.261. The molecule has 0 fully saturated rings. The zero-order valence-electron chi connectivity index (χ0n) is 5.60. The molecule has 0 aliphatic rings. The zero-order chi connectivity index (χ0) is 8.43. The van der Waals surface area contributed by atoms with Gasteiger partial charge in [0, 0.05) is 12.5 Å². The number of carbonyl (C=O) groups excluding carboxylic acids is 1. The monoisotopic (exact) mass is 187 g/mol. The highest BCUT2D eigenvalue weighted by Crippen LogP contribution is 2.22. The summed E-state index contributed by atoms with van der Waals surface area (Å²) in [6, 6.07) is 4.66. The standard InChI is InChI=1S/C8H5Cl2O/c1-5(11)6-2-3-7(9)8(10)4-6/h2-4H,1H2. The number of halogens is 2. The van der Waals surface area contributed by atoms with Gasteiger partial charge in [0.05, 0.1) is 10.0 Å². The summed E-state index contributed by atoms with van der Waals surface area (Å²) in [4.78, 5) is 10.7. The summed E-state index contributed by atoms with van der Waals surface area (Å²) in [5.41, 5.74) is 0.472. The van der Waals surface area contributed by atoms with E-state index in [9.17, 15) is 4.79 Å². The fourth-order valence-electron chi connectivity index (χ4n) is 0.670. The van der Waals surface area contributed by atoms with Gasteiger partial charge in [-0.3, -0.25) is 4.79 Å². The van der Waals surface area contributed by atoms with Crippen LogP contribution in [0, 0.1) is 6.92 Å². The van der Waals surface area contributed by atoms with Crippen LogP contribution in [-0.2, 0) is 0 Å². The van der Waals surface area contributed by atoms with E-state index < -0.39 is 0 Å². The number of benzene rings is 1. The summed E-state index contributed by atoms with van der Waals surface area (Å²) in [6.07, 6.45) is 0. The molecule has 0 spiro atoms. The second kappa shape index (κ2) is 3.24. The van der Waals surface area contributed by atoms with Crippen LogP contribution in [0.5, 0.6) is 0 Å². The zero-order valence-corrected chi connectivity index (χ0v) is 7.12. The number of ketones is 1. The second-order valence-electron chi connectivity index (χ2n) is 2.05. The van der Waals surface area contributed by atoms with Crippen LogP contribution in [0.3, 0.4) is 0 Å². The molecule has 0 aromatic heterocycles. The summed E-state index contributed by atoms with van der Waals surface area (Å²) >= 11 is 11.3. The van der Waals surface area contributed by atoms with Crippen molar-refractivity contribution in [1.29, 1.82) is 0 Å². The van der Waals surface area contributed by atoms with Crippen LogP contribution >= 0.6 is 23.2 Å². The van der Waals surface area contributed by atoms with Gasteiger partial charge in [0.25, 0.3) is 0 Å². The molecule has 0 atom stereocenters. The van der Waals surface area contributed by atoms with Crippen LogP contribution in [0.2, 0.25) is 10.0 Å². The van der Waals surface area contributed by atoms with Crippen molar-refractivity contribution in [2.75, 3.05) is 0 Å². The van der Waals surface area contributed by atoms with Crippen molar-refractivity contribution in [2.45, 2.75) is 0 Å². The van der Waals surface area contributed by atoms with E-state index in [0.717, 1.165) is 0 Å². The lowest BCUT2D eigenvalue weighted by molar-refractivity contribution is 0.104. The van der Waals surface area contributed by atoms with Gasteiger partial charge in [-0.1, -0.05) is 23.2 Å². The predicted molar refractivity (Wildman–Crippen MR) is 46.1 cm³/mol. The molecule has 1 rings (SSSR count). The molecule has 0 N–H and O–H groups in total. The number of carbonyl (C=O) groups is 1. The Balaban J connectivity index is 3.15. The Morgan fingerprint density at radius 3 is 2.36 bits per heavy atom. The molecule has 0 aliphatic carbocycles. The van der Waals surface area contributed by atoms with Crippen molar-refractivity contribution in [1.82, 2.24) is 0 Å². The molecule has 0 bridgehead atoms. The van der Waals surface area contributed by atoms with Crippen LogP contribution in [-0.4, -0.2) is 5.78 Å². The molecule has 1 aromatic carbocycles. The lowest BCUT2D eigenvalue weighted by Crippen LogP contribution is -1.90. The molecule has 3 heteroatoms. The van der Waals surface area contributed by atoms with E-state index in [-0.39, 0.29) is 5.78 Å². The molecule has 1 radical (unpaired) electrons. The Morgan fingerprint density at radius 2 is 1.91 bits per heavy atom. The van der Waals surface area contributed by atoms with Gasteiger partial charge in [-0.05, 0) is 18.2 Å². The largest absolute Gasteiger partial charge is 0.294 e. The first kappa shape index (κ1) is 8.57. The van der Waals surface area contributed by atoms with Crippen LogP contribution in [0.4, 0.5) is 0 Å². The number of hydrogen-bond donors (Lipinski definition) is 0. The SMILES string of the molecule is [CH2]C(=O)c1ccc(Cl)c(Cl)c1. The minimum Gasteiger partial charge on any atom is -0.294 e. The molecule has 0 unspecified atom stereocenters. The van der Waals surface area contributed by atoms with E-state index in [1.165, 1.54) is 6.07 Å². The fourth-order valence-corrected chi connectivity index (χ4v) is 0.968. The maximum Gasteiger partial charge on any atom is 0.163 e. The van der Waals surface area contributed by atoms with Gasteiger partial charge < -0.3 is 0 Å². The maximum absolute atomic E-state index is 10.7. The highest BCUT2D eigenvalue weighted by Gasteiger charge is 2.02. The lowest BCUT2D eigenvalue weighted by Gasteiger charge is -1.97. The van der Waals surface area contributed by atoms with Gasteiger partial charge in [-0.2, -0.15) is 0 Å². The molecule has 0 aliphatic heterocycles. The Morgan fingerprint density at radius 1 is 1.27 bits per heavy atom. The summed E-state index contributed by atoms with van der Waals surface area (Å²) < 4.78 is 0. The molecule has 0 saturated heterocycles. The van der Waals surface area contributed by atoms with E-state index >= 15 is 0 Å². The third-order valence-electron chi connectivity index (χ3n) is 1.24. The summed E-state index contributed by atoms with van der Waals surface area (Å²) in [6.45, 7) is 3.24. The van der Waals surface area contributed by atoms with Crippen LogP contribution in [0.1, 0.15) is 10.4 Å². The number of hydrogen-bond acceptors (Lipinski definition) is 1. The Bertz CT molecular complexity index is 294. The van der Waals surface area contributed by atoms with Crippen LogP contribution in [0.25, 0.3) is 0 Å². The van der Waals surface area contributed by atoms with Crippen LogP contribution in [0.15, 0.2) is 18.2 Å². The van der Waals surface area contributed by atoms with Crippen molar-refractivity contribution in [3.8, 4) is 0 Å². The molecule has 1 aromatic rings. The van der Waals surface area contributed by atoms with Crippen LogP contribution < -0.4 is 0 Å². The first-order valence-corrected chi connectivity index (χ1v) is 3.68. The summed E-state index contributed by atoms with van der Waals surface area (Å²) in [7, 11) is 0. The van der Waals surface area contributed by atoms with E-state index in [0.29, 0.717) is 15.6 Å². The first-order chi connectivity index (χ1) is 5.11. The van der Waals surface area contributed by atoms with Gasteiger partial charge in [0.15, 0.2) is 5.78 Å². The highest BCUT2D eigenvalue weighted by molar-refractivity contribution is 6.42. The third-order valence-corrected chi connectivity index (χ3v) is 1.98. The Kier molecular flexibility index (Phi) is 2.53. The minimum atomic E-state index is -0.261. The van der Waals surface area contributed by atoms with Crippen molar-refractivity contribution in [2.24, 2.45) is 0 Å². The molecular weight excluding hydrogens is 183 g/mol. The molecule has 57 valence electrons.